The zero-order valence-corrected chi connectivity index (χ0v) is 19.5. The second-order valence-corrected chi connectivity index (χ2v) is 10.6. The lowest BCUT2D eigenvalue weighted by atomic mass is 9.78. The Morgan fingerprint density at radius 3 is 2.75 bits per heavy atom. The van der Waals surface area contributed by atoms with Crippen LogP contribution in [0.1, 0.15) is 40.2 Å². The fourth-order valence-corrected chi connectivity index (χ4v) is 5.73. The van der Waals surface area contributed by atoms with Gasteiger partial charge in [0.25, 0.3) is 5.19 Å². The molecule has 32 heavy (non-hydrogen) atoms. The summed E-state index contributed by atoms with van der Waals surface area (Å²) in [5, 5.41) is 24.2. The number of hydrogen-bond donors (Lipinski definition) is 2. The summed E-state index contributed by atoms with van der Waals surface area (Å²) in [6.45, 7) is 7.98. The molecular weight excluding hydrogens is 429 g/mol. The minimum Gasteiger partial charge on any atom is -0.507 e. The zero-order valence-electron chi connectivity index (χ0n) is 18.7. The summed E-state index contributed by atoms with van der Waals surface area (Å²) in [6, 6.07) is 6.89. The second-order valence-electron chi connectivity index (χ2n) is 9.66. The van der Waals surface area contributed by atoms with Gasteiger partial charge in [-0.15, -0.1) is 10.2 Å². The van der Waals surface area contributed by atoms with E-state index in [0.29, 0.717) is 34.0 Å². The van der Waals surface area contributed by atoms with Crippen molar-refractivity contribution in [2.24, 2.45) is 0 Å². The summed E-state index contributed by atoms with van der Waals surface area (Å²) in [7, 11) is 1.56. The van der Waals surface area contributed by atoms with Crippen LogP contribution in [0, 0.1) is 0 Å². The third-order valence-corrected chi connectivity index (χ3v) is 7.14. The van der Waals surface area contributed by atoms with Gasteiger partial charge in [-0.25, -0.2) is 9.37 Å². The molecule has 0 amide bonds. The van der Waals surface area contributed by atoms with Gasteiger partial charge in [-0.3, -0.25) is 0 Å². The Kier molecular flexibility index (Phi) is 4.69. The van der Waals surface area contributed by atoms with Gasteiger partial charge in [0.2, 0.25) is 0 Å². The number of benzene rings is 1. The molecule has 1 aliphatic rings. The molecule has 3 aromatic heterocycles. The number of nitrogens with zero attached hydrogens (tertiary/aromatic N) is 4. The van der Waals surface area contributed by atoms with Crippen molar-refractivity contribution in [3.63, 3.8) is 0 Å². The molecule has 1 saturated heterocycles. The lowest BCUT2D eigenvalue weighted by Gasteiger charge is -2.49. The van der Waals surface area contributed by atoms with Crippen LogP contribution in [-0.2, 0) is 0 Å². The van der Waals surface area contributed by atoms with Gasteiger partial charge in [-0.05, 0) is 52.3 Å². The molecule has 0 radical (unpaired) electrons. The monoisotopic (exact) mass is 455 g/mol. The third kappa shape index (κ3) is 3.40. The van der Waals surface area contributed by atoms with E-state index in [-0.39, 0.29) is 17.3 Å². The molecule has 1 aromatic carbocycles. The van der Waals surface area contributed by atoms with Crippen LogP contribution in [0.25, 0.3) is 32.5 Å². The SMILES string of the molecule is COc1nc2cc(O)c(-c3cc4ccn([C@H]5CC(C)(C)NC(C)(C)[C@H]5F)c4nn3)cc2s1. The first-order valence-corrected chi connectivity index (χ1v) is 11.4. The van der Waals surface area contributed by atoms with Crippen molar-refractivity contribution in [1.29, 1.82) is 0 Å². The molecule has 7 nitrogen and oxygen atoms in total. The van der Waals surface area contributed by atoms with E-state index in [0.717, 1.165) is 10.1 Å². The van der Waals surface area contributed by atoms with Crippen LogP contribution < -0.4 is 10.1 Å². The van der Waals surface area contributed by atoms with Gasteiger partial charge in [0.1, 0.15) is 11.9 Å². The zero-order chi connectivity index (χ0) is 22.8. The molecular formula is C23H26FN5O2S. The molecule has 0 saturated carbocycles. The number of aromatic nitrogens is 4. The molecule has 0 bridgehead atoms. The third-order valence-electron chi connectivity index (χ3n) is 6.16. The molecule has 5 rings (SSSR count). The van der Waals surface area contributed by atoms with E-state index in [1.54, 1.807) is 13.2 Å². The van der Waals surface area contributed by atoms with Crippen molar-refractivity contribution in [3.8, 4) is 22.2 Å². The Morgan fingerprint density at radius 2 is 2.00 bits per heavy atom. The number of piperidine rings is 1. The van der Waals surface area contributed by atoms with Gasteiger partial charge < -0.3 is 19.7 Å². The van der Waals surface area contributed by atoms with Crippen LogP contribution in [0.3, 0.4) is 0 Å². The summed E-state index contributed by atoms with van der Waals surface area (Å²) in [6.07, 6.45) is 1.44. The highest BCUT2D eigenvalue weighted by Gasteiger charge is 2.47. The van der Waals surface area contributed by atoms with E-state index in [4.69, 9.17) is 4.74 Å². The Balaban J connectivity index is 1.56. The number of nitrogens with one attached hydrogen (secondary N) is 1. The highest BCUT2D eigenvalue weighted by Crippen LogP contribution is 2.41. The number of methoxy groups -OCH3 is 1. The maximum Gasteiger partial charge on any atom is 0.274 e. The number of alkyl halides is 1. The highest BCUT2D eigenvalue weighted by molar-refractivity contribution is 7.20. The van der Waals surface area contributed by atoms with Crippen LogP contribution in [0.2, 0.25) is 0 Å². The van der Waals surface area contributed by atoms with Gasteiger partial charge in [0, 0.05) is 34.3 Å². The smallest absolute Gasteiger partial charge is 0.274 e. The van der Waals surface area contributed by atoms with E-state index in [1.807, 2.05) is 42.8 Å². The predicted octanol–water partition coefficient (Wildman–Crippen LogP) is 4.85. The molecule has 9 heteroatoms. The minimum atomic E-state index is -1.08. The van der Waals surface area contributed by atoms with Crippen molar-refractivity contribution in [1.82, 2.24) is 25.1 Å². The van der Waals surface area contributed by atoms with Crippen LogP contribution in [0.4, 0.5) is 4.39 Å². The quantitative estimate of drug-likeness (QED) is 0.459. The first-order valence-electron chi connectivity index (χ1n) is 10.5. The van der Waals surface area contributed by atoms with Gasteiger partial charge in [-0.1, -0.05) is 11.3 Å². The summed E-state index contributed by atoms with van der Waals surface area (Å²) >= 11 is 1.40. The molecule has 4 heterocycles. The fraction of sp³-hybridized carbons (Fsp3) is 0.435. The lowest BCUT2D eigenvalue weighted by Crippen LogP contribution is -2.64. The van der Waals surface area contributed by atoms with E-state index < -0.39 is 11.7 Å². The summed E-state index contributed by atoms with van der Waals surface area (Å²) in [4.78, 5) is 4.32. The van der Waals surface area contributed by atoms with Crippen molar-refractivity contribution in [2.45, 2.75) is 57.4 Å². The van der Waals surface area contributed by atoms with Crippen molar-refractivity contribution in [2.75, 3.05) is 7.11 Å². The lowest BCUT2D eigenvalue weighted by molar-refractivity contribution is 0.0313. The number of hydrogen-bond acceptors (Lipinski definition) is 7. The van der Waals surface area contributed by atoms with Crippen LogP contribution in [0.5, 0.6) is 10.9 Å². The number of rotatable bonds is 3. The summed E-state index contributed by atoms with van der Waals surface area (Å²) in [5.74, 6) is 0.0733. The molecule has 2 atom stereocenters. The molecule has 1 aliphatic heterocycles. The van der Waals surface area contributed by atoms with E-state index in [1.165, 1.54) is 11.3 Å². The van der Waals surface area contributed by atoms with E-state index in [2.05, 4.69) is 34.3 Å². The van der Waals surface area contributed by atoms with Crippen LogP contribution in [0.15, 0.2) is 30.5 Å². The average molecular weight is 456 g/mol. The number of thiazole rings is 1. The van der Waals surface area contributed by atoms with Crippen LogP contribution >= 0.6 is 11.3 Å². The van der Waals surface area contributed by atoms with E-state index in [9.17, 15) is 5.11 Å². The van der Waals surface area contributed by atoms with Crippen molar-refractivity contribution >= 4 is 32.6 Å². The Bertz CT molecular complexity index is 1330. The second kappa shape index (κ2) is 7.11. The molecule has 0 aliphatic carbocycles. The number of halogens is 1. The molecule has 2 N–H and O–H groups in total. The Morgan fingerprint density at radius 1 is 1.22 bits per heavy atom. The normalized spacial score (nSPS) is 22.4. The van der Waals surface area contributed by atoms with Gasteiger partial charge >= 0.3 is 0 Å². The first-order chi connectivity index (χ1) is 15.1. The van der Waals surface area contributed by atoms with Gasteiger partial charge in [-0.2, -0.15) is 0 Å². The van der Waals surface area contributed by atoms with E-state index >= 15 is 4.39 Å². The number of phenols is 1. The standard InChI is InChI=1S/C23H26FN5O2S/c1-22(2)11-16(19(24)23(3,4)28-22)29-7-6-12-8-14(26-27-20(12)29)13-9-18-15(10-17(13)30)25-21(31-5)32-18/h6-10,16,19,28,30H,11H2,1-5H3/t16-,19-/m0/s1. The maximum atomic E-state index is 15.5. The predicted molar refractivity (Wildman–Crippen MR) is 124 cm³/mol. The Hall–Kier alpha value is -2.78. The number of fused-ring (bicyclic) bond motifs is 2. The van der Waals surface area contributed by atoms with Crippen LogP contribution in [-0.4, -0.2) is 49.2 Å². The Labute approximate surface area is 189 Å². The fourth-order valence-electron chi connectivity index (χ4n) is 4.93. The van der Waals surface area contributed by atoms with Gasteiger partial charge in [0.05, 0.1) is 29.1 Å². The minimum absolute atomic E-state index is 0.0733. The van der Waals surface area contributed by atoms with Gasteiger partial charge in [0.15, 0.2) is 5.65 Å². The number of aromatic hydroxyl groups is 1. The maximum absolute atomic E-state index is 15.5. The van der Waals surface area contributed by atoms with Crippen molar-refractivity contribution in [3.05, 3.63) is 30.5 Å². The molecule has 0 spiro atoms. The number of ether oxygens (including phenoxy) is 1. The first kappa shape index (κ1) is 21.1. The molecule has 0 unspecified atom stereocenters. The summed E-state index contributed by atoms with van der Waals surface area (Å²) in [5.41, 5.74) is 1.54. The topological polar surface area (TPSA) is 85.1 Å². The average Bonchev–Trinajstić information content (AvgIpc) is 3.32. The van der Waals surface area contributed by atoms with Crippen molar-refractivity contribution < 1.29 is 14.2 Å². The largest absolute Gasteiger partial charge is 0.507 e. The molecule has 168 valence electrons. The molecule has 1 fully saturated rings. The number of phenolic OH excluding ortho intramolecular Hbond substituents is 1. The molecule has 4 aromatic rings. The highest BCUT2D eigenvalue weighted by atomic mass is 32.1. The summed E-state index contributed by atoms with van der Waals surface area (Å²) < 4.78 is 23.4.